The molecule has 0 aliphatic heterocycles. The van der Waals surface area contributed by atoms with Crippen LogP contribution in [0.2, 0.25) is 0 Å². The summed E-state index contributed by atoms with van der Waals surface area (Å²) in [7, 11) is 1.70. The number of rotatable bonds is 4. The summed E-state index contributed by atoms with van der Waals surface area (Å²) in [5.41, 5.74) is 8.16. The summed E-state index contributed by atoms with van der Waals surface area (Å²) in [6.07, 6.45) is 4.13. The van der Waals surface area contributed by atoms with Gasteiger partial charge < -0.3 is 15.0 Å². The quantitative estimate of drug-likeness (QED) is 0.877. The lowest BCUT2D eigenvalue weighted by molar-refractivity contribution is 0.408. The molecule has 0 saturated heterocycles. The van der Waals surface area contributed by atoms with Gasteiger partial charge in [-0.1, -0.05) is 18.2 Å². The van der Waals surface area contributed by atoms with Crippen LogP contribution in [0.3, 0.4) is 0 Å². The van der Waals surface area contributed by atoms with Crippen molar-refractivity contribution in [3.8, 4) is 5.75 Å². The second kappa shape index (κ2) is 5.06. The third-order valence-corrected chi connectivity index (χ3v) is 2.84. The van der Waals surface area contributed by atoms with Crippen molar-refractivity contribution in [2.75, 3.05) is 7.11 Å². The van der Waals surface area contributed by atoms with E-state index in [1.54, 1.807) is 7.11 Å². The molecule has 90 valence electrons. The highest BCUT2D eigenvalue weighted by molar-refractivity contribution is 5.33. The van der Waals surface area contributed by atoms with E-state index in [2.05, 4.69) is 22.9 Å². The highest BCUT2D eigenvalue weighted by Crippen LogP contribution is 2.19. The van der Waals surface area contributed by atoms with Crippen LogP contribution < -0.4 is 10.5 Å². The van der Waals surface area contributed by atoms with Crippen LogP contribution in [0.15, 0.2) is 42.7 Å². The van der Waals surface area contributed by atoms with Crippen molar-refractivity contribution < 1.29 is 4.74 Å². The molecule has 17 heavy (non-hydrogen) atoms. The molecule has 1 aromatic heterocycles. The molecule has 1 aromatic carbocycles. The van der Waals surface area contributed by atoms with Crippen LogP contribution in [0.25, 0.3) is 0 Å². The number of methoxy groups -OCH3 is 1. The van der Waals surface area contributed by atoms with Crippen molar-refractivity contribution in [2.24, 2.45) is 5.73 Å². The number of aromatic nitrogens is 1. The molecule has 0 spiro atoms. The van der Waals surface area contributed by atoms with Crippen molar-refractivity contribution >= 4 is 0 Å². The predicted octanol–water partition coefficient (Wildman–Crippen LogP) is 2.56. The minimum atomic E-state index is 0.0777. The van der Waals surface area contributed by atoms with Gasteiger partial charge >= 0.3 is 0 Å². The molecule has 0 bridgehead atoms. The van der Waals surface area contributed by atoms with Gasteiger partial charge in [0.2, 0.25) is 0 Å². The lowest BCUT2D eigenvalue weighted by atomic mass is 10.2. The molecule has 1 atom stereocenters. The Morgan fingerprint density at radius 2 is 2.06 bits per heavy atom. The molecule has 1 heterocycles. The van der Waals surface area contributed by atoms with E-state index in [9.17, 15) is 0 Å². The van der Waals surface area contributed by atoms with Gasteiger partial charge in [0.05, 0.1) is 13.7 Å². The zero-order chi connectivity index (χ0) is 12.3. The van der Waals surface area contributed by atoms with E-state index in [1.165, 1.54) is 5.56 Å². The summed E-state index contributed by atoms with van der Waals surface area (Å²) < 4.78 is 7.46. The van der Waals surface area contributed by atoms with Gasteiger partial charge in [0.1, 0.15) is 5.75 Å². The van der Waals surface area contributed by atoms with Crippen LogP contribution in [0, 0.1) is 0 Å². The van der Waals surface area contributed by atoms with Crippen LogP contribution in [0.4, 0.5) is 0 Å². The molecule has 0 saturated carbocycles. The van der Waals surface area contributed by atoms with Crippen LogP contribution in [-0.2, 0) is 6.54 Å². The first kappa shape index (κ1) is 11.7. The summed E-state index contributed by atoms with van der Waals surface area (Å²) in [4.78, 5) is 0. The maximum Gasteiger partial charge on any atom is 0.123 e. The van der Waals surface area contributed by atoms with Crippen LogP contribution in [0.5, 0.6) is 5.75 Å². The second-order valence-electron chi connectivity index (χ2n) is 4.22. The van der Waals surface area contributed by atoms with Gasteiger partial charge in [-0.25, -0.2) is 0 Å². The summed E-state index contributed by atoms with van der Waals surface area (Å²) in [5.74, 6) is 0.920. The average Bonchev–Trinajstić information content (AvgIpc) is 2.78. The highest BCUT2D eigenvalue weighted by Gasteiger charge is 2.05. The molecule has 2 aromatic rings. The Morgan fingerprint density at radius 1 is 1.29 bits per heavy atom. The van der Waals surface area contributed by atoms with Crippen molar-refractivity contribution in [2.45, 2.75) is 19.5 Å². The van der Waals surface area contributed by atoms with Crippen molar-refractivity contribution in [1.29, 1.82) is 0 Å². The van der Waals surface area contributed by atoms with E-state index >= 15 is 0 Å². The predicted molar refractivity (Wildman–Crippen MR) is 69.1 cm³/mol. The number of benzene rings is 1. The number of hydrogen-bond acceptors (Lipinski definition) is 2. The molecule has 0 fully saturated rings. The largest absolute Gasteiger partial charge is 0.496 e. The lowest BCUT2D eigenvalue weighted by Crippen LogP contribution is -2.04. The summed E-state index contributed by atoms with van der Waals surface area (Å²) >= 11 is 0. The van der Waals surface area contributed by atoms with Gasteiger partial charge in [0.15, 0.2) is 0 Å². The first-order valence-electron chi connectivity index (χ1n) is 5.74. The van der Waals surface area contributed by atoms with E-state index in [4.69, 9.17) is 10.5 Å². The lowest BCUT2D eigenvalue weighted by Gasteiger charge is -2.09. The average molecular weight is 230 g/mol. The third kappa shape index (κ3) is 2.68. The van der Waals surface area contributed by atoms with E-state index < -0.39 is 0 Å². The minimum absolute atomic E-state index is 0.0777. The van der Waals surface area contributed by atoms with Gasteiger partial charge in [-0.05, 0) is 24.6 Å². The Bertz CT molecular complexity index is 488. The standard InChI is InChI=1S/C14H18N2O/c1-11(15)12-7-8-16(9-12)10-13-5-3-4-6-14(13)17-2/h3-9,11H,10,15H2,1-2H3. The molecule has 0 aliphatic rings. The van der Waals surface area contributed by atoms with Gasteiger partial charge in [-0.3, -0.25) is 0 Å². The maximum atomic E-state index is 5.84. The van der Waals surface area contributed by atoms with Gasteiger partial charge in [0.25, 0.3) is 0 Å². The number of nitrogens with zero attached hydrogens (tertiary/aromatic N) is 1. The molecule has 0 aliphatic carbocycles. The Hall–Kier alpha value is -1.74. The molecule has 0 radical (unpaired) electrons. The van der Waals surface area contributed by atoms with E-state index in [1.807, 2.05) is 31.3 Å². The number of nitrogens with two attached hydrogens (primary N) is 1. The summed E-state index contributed by atoms with van der Waals surface area (Å²) in [5, 5.41) is 0. The van der Waals surface area contributed by atoms with E-state index in [-0.39, 0.29) is 6.04 Å². The van der Waals surface area contributed by atoms with Crippen molar-refractivity contribution in [3.63, 3.8) is 0 Å². The van der Waals surface area contributed by atoms with Gasteiger partial charge in [0, 0.05) is 24.0 Å². The van der Waals surface area contributed by atoms with E-state index in [0.717, 1.165) is 17.9 Å². The molecule has 3 heteroatoms. The monoisotopic (exact) mass is 230 g/mol. The molecule has 2 N–H and O–H groups in total. The topological polar surface area (TPSA) is 40.2 Å². The zero-order valence-corrected chi connectivity index (χ0v) is 10.3. The SMILES string of the molecule is COc1ccccc1Cn1ccc(C(C)N)c1. The Balaban J connectivity index is 2.19. The maximum absolute atomic E-state index is 5.84. The van der Waals surface area contributed by atoms with Crippen LogP contribution in [-0.4, -0.2) is 11.7 Å². The molecule has 0 amide bonds. The van der Waals surface area contributed by atoms with Crippen molar-refractivity contribution in [1.82, 2.24) is 4.57 Å². The normalized spacial score (nSPS) is 12.4. The summed E-state index contributed by atoms with van der Waals surface area (Å²) in [6.45, 7) is 2.79. The fourth-order valence-corrected chi connectivity index (χ4v) is 1.86. The molecule has 3 nitrogen and oxygen atoms in total. The van der Waals surface area contributed by atoms with Crippen LogP contribution in [0.1, 0.15) is 24.1 Å². The Labute approximate surface area is 102 Å². The second-order valence-corrected chi connectivity index (χ2v) is 4.22. The first-order valence-corrected chi connectivity index (χ1v) is 5.74. The zero-order valence-electron chi connectivity index (χ0n) is 10.3. The Kier molecular flexibility index (Phi) is 3.49. The fraction of sp³-hybridized carbons (Fsp3) is 0.286. The minimum Gasteiger partial charge on any atom is -0.496 e. The number of para-hydroxylation sites is 1. The Morgan fingerprint density at radius 3 is 2.71 bits per heavy atom. The number of hydrogen-bond donors (Lipinski definition) is 1. The molecule has 2 rings (SSSR count). The van der Waals surface area contributed by atoms with Gasteiger partial charge in [-0.15, -0.1) is 0 Å². The van der Waals surface area contributed by atoms with Crippen LogP contribution >= 0.6 is 0 Å². The molecule has 1 unspecified atom stereocenters. The number of ether oxygens (including phenoxy) is 1. The summed E-state index contributed by atoms with van der Waals surface area (Å²) in [6, 6.07) is 10.2. The van der Waals surface area contributed by atoms with E-state index in [0.29, 0.717) is 0 Å². The molecular formula is C14H18N2O. The first-order chi connectivity index (χ1) is 8.20. The third-order valence-electron chi connectivity index (χ3n) is 2.84. The smallest absolute Gasteiger partial charge is 0.123 e. The molecular weight excluding hydrogens is 212 g/mol. The fourth-order valence-electron chi connectivity index (χ4n) is 1.86. The van der Waals surface area contributed by atoms with Crippen molar-refractivity contribution in [3.05, 3.63) is 53.9 Å². The highest BCUT2D eigenvalue weighted by atomic mass is 16.5. The van der Waals surface area contributed by atoms with Gasteiger partial charge in [-0.2, -0.15) is 0 Å².